The Morgan fingerprint density at radius 3 is 2.45 bits per heavy atom. The van der Waals surface area contributed by atoms with Crippen LogP contribution < -0.4 is 16.2 Å². The zero-order valence-electron chi connectivity index (χ0n) is 11.6. The molecule has 3 N–H and O–H groups in total. The smallest absolute Gasteiger partial charge is 0.242 e. The molecule has 2 atom stereocenters. The van der Waals surface area contributed by atoms with Gasteiger partial charge in [0.1, 0.15) is 11.9 Å². The Labute approximate surface area is 132 Å². The summed E-state index contributed by atoms with van der Waals surface area (Å²) in [6.07, 6.45) is 0.620. The molecule has 0 saturated carbocycles. The molecule has 1 aliphatic heterocycles. The van der Waals surface area contributed by atoms with E-state index in [4.69, 9.17) is 11.6 Å². The van der Waals surface area contributed by atoms with Crippen molar-refractivity contribution in [2.45, 2.75) is 18.5 Å². The largest absolute Gasteiger partial charge is 0.325 e. The van der Waals surface area contributed by atoms with Crippen LogP contribution in [0.5, 0.6) is 0 Å². The summed E-state index contributed by atoms with van der Waals surface area (Å²) in [4.78, 5) is 12.2. The Kier molecular flexibility index (Phi) is 4.38. The summed E-state index contributed by atoms with van der Waals surface area (Å²) >= 11 is 5.87. The first-order chi connectivity index (χ1) is 10.6. The number of hydrogen-bond acceptors (Lipinski definition) is 3. The highest BCUT2D eigenvalue weighted by Gasteiger charge is 2.30. The van der Waals surface area contributed by atoms with E-state index in [2.05, 4.69) is 16.2 Å². The lowest BCUT2D eigenvalue weighted by atomic mass is 10.0. The zero-order chi connectivity index (χ0) is 15.5. The topological polar surface area (TPSA) is 53.2 Å². The highest BCUT2D eigenvalue weighted by atomic mass is 35.5. The Hall–Kier alpha value is -1.95. The monoisotopic (exact) mass is 319 g/mol. The van der Waals surface area contributed by atoms with Crippen molar-refractivity contribution in [3.63, 3.8) is 0 Å². The van der Waals surface area contributed by atoms with Crippen LogP contribution >= 0.6 is 11.6 Å². The lowest BCUT2D eigenvalue weighted by Crippen LogP contribution is -2.39. The molecule has 6 heteroatoms. The van der Waals surface area contributed by atoms with Gasteiger partial charge in [0.15, 0.2) is 0 Å². The van der Waals surface area contributed by atoms with E-state index in [9.17, 15) is 9.18 Å². The van der Waals surface area contributed by atoms with Crippen LogP contribution in [0, 0.1) is 5.82 Å². The van der Waals surface area contributed by atoms with Gasteiger partial charge in [0, 0.05) is 16.8 Å². The van der Waals surface area contributed by atoms with Gasteiger partial charge in [-0.3, -0.25) is 4.79 Å². The predicted octanol–water partition coefficient (Wildman–Crippen LogP) is 3.03. The normalized spacial score (nSPS) is 20.8. The molecule has 1 amide bonds. The van der Waals surface area contributed by atoms with Gasteiger partial charge in [-0.25, -0.2) is 15.2 Å². The first-order valence-electron chi connectivity index (χ1n) is 6.95. The molecule has 2 unspecified atom stereocenters. The van der Waals surface area contributed by atoms with Gasteiger partial charge >= 0.3 is 0 Å². The second-order valence-corrected chi connectivity index (χ2v) is 5.61. The summed E-state index contributed by atoms with van der Waals surface area (Å²) in [6, 6.07) is 12.9. The number of carbonyl (C=O) groups is 1. The van der Waals surface area contributed by atoms with Crippen molar-refractivity contribution in [2.75, 3.05) is 5.32 Å². The predicted molar refractivity (Wildman–Crippen MR) is 83.9 cm³/mol. The fourth-order valence-electron chi connectivity index (χ4n) is 2.40. The number of carbonyl (C=O) groups excluding carboxylic acids is 1. The molecule has 1 fully saturated rings. The molecule has 0 aliphatic carbocycles. The van der Waals surface area contributed by atoms with E-state index in [0.717, 1.165) is 5.56 Å². The van der Waals surface area contributed by atoms with Crippen LogP contribution in [0.2, 0.25) is 5.02 Å². The third-order valence-corrected chi connectivity index (χ3v) is 3.86. The number of benzene rings is 2. The minimum Gasteiger partial charge on any atom is -0.325 e. The number of anilines is 1. The molecule has 1 aliphatic rings. The summed E-state index contributed by atoms with van der Waals surface area (Å²) in [5, 5.41) is 3.44. The van der Waals surface area contributed by atoms with E-state index in [1.807, 2.05) is 24.3 Å². The molecule has 2 aromatic carbocycles. The average molecular weight is 320 g/mol. The maximum absolute atomic E-state index is 12.8. The van der Waals surface area contributed by atoms with Crippen LogP contribution in [0.3, 0.4) is 0 Å². The van der Waals surface area contributed by atoms with Gasteiger partial charge in [-0.1, -0.05) is 23.7 Å². The molecule has 0 radical (unpaired) electrons. The molecule has 1 heterocycles. The van der Waals surface area contributed by atoms with Crippen LogP contribution in [-0.2, 0) is 4.79 Å². The van der Waals surface area contributed by atoms with Crippen molar-refractivity contribution < 1.29 is 9.18 Å². The lowest BCUT2D eigenvalue weighted by molar-refractivity contribution is -0.117. The lowest BCUT2D eigenvalue weighted by Gasteiger charge is -2.11. The Bertz CT molecular complexity index is 660. The number of amides is 1. The number of hydrazine groups is 1. The van der Waals surface area contributed by atoms with E-state index in [-0.39, 0.29) is 23.8 Å². The van der Waals surface area contributed by atoms with E-state index >= 15 is 0 Å². The summed E-state index contributed by atoms with van der Waals surface area (Å²) in [5.41, 5.74) is 7.72. The van der Waals surface area contributed by atoms with E-state index in [1.165, 1.54) is 24.3 Å². The highest BCUT2D eigenvalue weighted by Crippen LogP contribution is 2.24. The Balaban J connectivity index is 1.61. The first-order valence-corrected chi connectivity index (χ1v) is 7.32. The van der Waals surface area contributed by atoms with Crippen molar-refractivity contribution in [1.29, 1.82) is 0 Å². The van der Waals surface area contributed by atoms with Gasteiger partial charge in [0.05, 0.1) is 0 Å². The molecular weight excluding hydrogens is 305 g/mol. The maximum atomic E-state index is 12.8. The number of nitrogens with one attached hydrogen (secondary N) is 3. The van der Waals surface area contributed by atoms with Crippen molar-refractivity contribution in [3.05, 3.63) is 64.9 Å². The molecule has 0 bridgehead atoms. The minimum absolute atomic E-state index is 0.0428. The van der Waals surface area contributed by atoms with Crippen LogP contribution in [0.25, 0.3) is 0 Å². The SMILES string of the molecule is O=C(Nc1ccc(F)cc1)C1CC(c2ccc(Cl)cc2)NN1. The second-order valence-electron chi connectivity index (χ2n) is 5.18. The molecule has 0 spiro atoms. The van der Waals surface area contributed by atoms with Gasteiger partial charge in [-0.05, 0) is 48.4 Å². The summed E-state index contributed by atoms with van der Waals surface area (Å²) < 4.78 is 12.8. The fourth-order valence-corrected chi connectivity index (χ4v) is 2.53. The first kappa shape index (κ1) is 15.0. The van der Waals surface area contributed by atoms with Crippen LogP contribution in [-0.4, -0.2) is 11.9 Å². The molecule has 4 nitrogen and oxygen atoms in total. The van der Waals surface area contributed by atoms with Crippen LogP contribution in [0.1, 0.15) is 18.0 Å². The maximum Gasteiger partial charge on any atom is 0.242 e. The fraction of sp³-hybridized carbons (Fsp3) is 0.188. The average Bonchev–Trinajstić information content (AvgIpc) is 3.00. The van der Waals surface area contributed by atoms with Crippen molar-refractivity contribution in [1.82, 2.24) is 10.9 Å². The second kappa shape index (κ2) is 6.44. The van der Waals surface area contributed by atoms with Crippen LogP contribution in [0.4, 0.5) is 10.1 Å². The van der Waals surface area contributed by atoms with Gasteiger partial charge in [0.25, 0.3) is 0 Å². The third kappa shape index (κ3) is 3.44. The Morgan fingerprint density at radius 1 is 1.09 bits per heavy atom. The summed E-state index contributed by atoms with van der Waals surface area (Å²) in [5.74, 6) is -0.489. The molecule has 0 aromatic heterocycles. The zero-order valence-corrected chi connectivity index (χ0v) is 12.4. The third-order valence-electron chi connectivity index (χ3n) is 3.60. The van der Waals surface area contributed by atoms with E-state index in [0.29, 0.717) is 17.1 Å². The number of hydrogen-bond donors (Lipinski definition) is 3. The van der Waals surface area contributed by atoms with Crippen LogP contribution in [0.15, 0.2) is 48.5 Å². The molecule has 2 aromatic rings. The number of rotatable bonds is 3. The highest BCUT2D eigenvalue weighted by molar-refractivity contribution is 6.30. The molecular formula is C16H15ClFN3O. The van der Waals surface area contributed by atoms with Crippen molar-refractivity contribution >= 4 is 23.2 Å². The van der Waals surface area contributed by atoms with Crippen molar-refractivity contribution in [2.24, 2.45) is 0 Å². The molecule has 114 valence electrons. The minimum atomic E-state index is -0.356. The Morgan fingerprint density at radius 2 is 1.77 bits per heavy atom. The summed E-state index contributed by atoms with van der Waals surface area (Å²) in [7, 11) is 0. The number of halogens is 2. The van der Waals surface area contributed by atoms with E-state index < -0.39 is 0 Å². The molecule has 22 heavy (non-hydrogen) atoms. The summed E-state index contributed by atoms with van der Waals surface area (Å²) in [6.45, 7) is 0. The van der Waals surface area contributed by atoms with Gasteiger partial charge < -0.3 is 5.32 Å². The molecule has 1 saturated heterocycles. The molecule has 3 rings (SSSR count). The van der Waals surface area contributed by atoms with Gasteiger partial charge in [-0.2, -0.15) is 0 Å². The van der Waals surface area contributed by atoms with Gasteiger partial charge in [0.2, 0.25) is 5.91 Å². The van der Waals surface area contributed by atoms with Crippen molar-refractivity contribution in [3.8, 4) is 0 Å². The van der Waals surface area contributed by atoms with E-state index in [1.54, 1.807) is 0 Å². The van der Waals surface area contributed by atoms with Gasteiger partial charge in [-0.15, -0.1) is 0 Å². The standard InChI is InChI=1S/C16H15ClFN3O/c17-11-3-1-10(2-4-11)14-9-15(21-20-14)16(22)19-13-7-5-12(18)6-8-13/h1-8,14-15,20-21H,9H2,(H,19,22). The quantitative estimate of drug-likeness (QED) is 0.815.